The Kier molecular flexibility index (Phi) is 4.24. The molecule has 0 saturated carbocycles. The first-order chi connectivity index (χ1) is 11.1. The largest absolute Gasteiger partial charge is 0.464 e. The molecular weight excluding hydrogens is 316 g/mol. The van der Waals surface area contributed by atoms with Crippen molar-refractivity contribution >= 4 is 22.2 Å². The SMILES string of the molecule is Cc1ccc(CN=Nc2nc(-c3ccc([N+](=O)[O-])cc3)cs2)o1. The van der Waals surface area contributed by atoms with E-state index in [9.17, 15) is 10.1 Å². The highest BCUT2D eigenvalue weighted by Gasteiger charge is 2.08. The number of benzene rings is 1. The Bertz CT molecular complexity index is 852. The first-order valence-electron chi connectivity index (χ1n) is 6.75. The van der Waals surface area contributed by atoms with Gasteiger partial charge >= 0.3 is 0 Å². The molecule has 0 aliphatic heterocycles. The maximum Gasteiger partial charge on any atom is 0.269 e. The van der Waals surface area contributed by atoms with Crippen LogP contribution in [0.2, 0.25) is 0 Å². The number of hydrogen-bond acceptors (Lipinski definition) is 7. The van der Waals surface area contributed by atoms with Gasteiger partial charge in [0.2, 0.25) is 5.13 Å². The summed E-state index contributed by atoms with van der Waals surface area (Å²) < 4.78 is 5.40. The smallest absolute Gasteiger partial charge is 0.269 e. The lowest BCUT2D eigenvalue weighted by atomic mass is 10.1. The lowest BCUT2D eigenvalue weighted by Gasteiger charge is -1.95. The Balaban J connectivity index is 1.68. The molecule has 0 saturated heterocycles. The van der Waals surface area contributed by atoms with Crippen molar-refractivity contribution in [1.82, 2.24) is 4.98 Å². The number of azo groups is 1. The van der Waals surface area contributed by atoms with Crippen LogP contribution in [0.1, 0.15) is 11.5 Å². The minimum atomic E-state index is -0.430. The number of nitrogens with zero attached hydrogens (tertiary/aromatic N) is 4. The summed E-state index contributed by atoms with van der Waals surface area (Å²) >= 11 is 1.36. The Morgan fingerprint density at radius 3 is 2.70 bits per heavy atom. The highest BCUT2D eigenvalue weighted by atomic mass is 32.1. The second-order valence-corrected chi connectivity index (χ2v) is 5.57. The average Bonchev–Trinajstić information content (AvgIpc) is 3.17. The van der Waals surface area contributed by atoms with Gasteiger partial charge in [0.25, 0.3) is 5.69 Å². The van der Waals surface area contributed by atoms with E-state index in [-0.39, 0.29) is 5.69 Å². The maximum absolute atomic E-state index is 10.6. The van der Waals surface area contributed by atoms with Crippen molar-refractivity contribution in [2.24, 2.45) is 10.2 Å². The van der Waals surface area contributed by atoms with Crippen LogP contribution in [-0.2, 0) is 6.54 Å². The molecule has 0 amide bonds. The molecule has 0 fully saturated rings. The molecule has 8 heteroatoms. The molecule has 0 radical (unpaired) electrons. The highest BCUT2D eigenvalue weighted by Crippen LogP contribution is 2.28. The fourth-order valence-corrected chi connectivity index (χ4v) is 2.59. The van der Waals surface area contributed by atoms with E-state index in [1.165, 1.54) is 23.5 Å². The van der Waals surface area contributed by atoms with Gasteiger partial charge in [-0.25, -0.2) is 4.98 Å². The third-order valence-corrected chi connectivity index (χ3v) is 3.77. The predicted octanol–water partition coefficient (Wildman–Crippen LogP) is 4.90. The number of thiazole rings is 1. The van der Waals surface area contributed by atoms with E-state index in [4.69, 9.17) is 4.42 Å². The molecule has 3 rings (SSSR count). The number of hydrogen-bond donors (Lipinski definition) is 0. The van der Waals surface area contributed by atoms with Crippen LogP contribution < -0.4 is 0 Å². The van der Waals surface area contributed by atoms with Gasteiger partial charge in [-0.2, -0.15) is 5.11 Å². The van der Waals surface area contributed by atoms with Gasteiger partial charge in [-0.3, -0.25) is 10.1 Å². The van der Waals surface area contributed by atoms with Crippen LogP contribution in [-0.4, -0.2) is 9.91 Å². The van der Waals surface area contributed by atoms with Gasteiger partial charge in [0, 0.05) is 23.1 Å². The van der Waals surface area contributed by atoms with Gasteiger partial charge < -0.3 is 4.42 Å². The third kappa shape index (κ3) is 3.67. The number of rotatable bonds is 5. The summed E-state index contributed by atoms with van der Waals surface area (Å²) in [5, 5.41) is 21.1. The number of nitro benzene ring substituents is 1. The van der Waals surface area contributed by atoms with E-state index >= 15 is 0 Å². The summed E-state index contributed by atoms with van der Waals surface area (Å²) in [6.45, 7) is 2.23. The Morgan fingerprint density at radius 2 is 2.04 bits per heavy atom. The van der Waals surface area contributed by atoms with E-state index in [0.717, 1.165) is 17.1 Å². The van der Waals surface area contributed by atoms with Crippen LogP contribution in [0, 0.1) is 17.0 Å². The minimum Gasteiger partial charge on any atom is -0.464 e. The van der Waals surface area contributed by atoms with E-state index in [1.54, 1.807) is 12.1 Å². The van der Waals surface area contributed by atoms with E-state index < -0.39 is 4.92 Å². The highest BCUT2D eigenvalue weighted by molar-refractivity contribution is 7.13. The number of nitro groups is 1. The summed E-state index contributed by atoms with van der Waals surface area (Å²) in [6, 6.07) is 9.98. The number of aryl methyl sites for hydroxylation is 1. The molecule has 2 aromatic heterocycles. The van der Waals surface area contributed by atoms with Crippen molar-refractivity contribution in [3.8, 4) is 11.3 Å². The molecule has 0 N–H and O–H groups in total. The van der Waals surface area contributed by atoms with Crippen LogP contribution in [0.25, 0.3) is 11.3 Å². The van der Waals surface area contributed by atoms with Gasteiger partial charge in [0.15, 0.2) is 0 Å². The quantitative estimate of drug-likeness (QED) is 0.378. The summed E-state index contributed by atoms with van der Waals surface area (Å²) in [5.74, 6) is 1.59. The van der Waals surface area contributed by atoms with Crippen molar-refractivity contribution in [2.75, 3.05) is 0 Å². The number of aromatic nitrogens is 1. The van der Waals surface area contributed by atoms with Crippen molar-refractivity contribution in [1.29, 1.82) is 0 Å². The predicted molar refractivity (Wildman–Crippen MR) is 85.9 cm³/mol. The normalized spacial score (nSPS) is 11.2. The number of furan rings is 1. The summed E-state index contributed by atoms with van der Waals surface area (Å²) in [6.07, 6.45) is 0. The fourth-order valence-electron chi connectivity index (χ4n) is 1.93. The molecule has 3 aromatic rings. The molecule has 0 spiro atoms. The van der Waals surface area contributed by atoms with Crippen LogP contribution >= 0.6 is 11.3 Å². The van der Waals surface area contributed by atoms with Crippen molar-refractivity contribution in [3.63, 3.8) is 0 Å². The van der Waals surface area contributed by atoms with Gasteiger partial charge in [-0.1, -0.05) is 0 Å². The molecular formula is C15H12N4O3S. The van der Waals surface area contributed by atoms with Crippen LogP contribution in [0.5, 0.6) is 0 Å². The van der Waals surface area contributed by atoms with E-state index in [1.807, 2.05) is 24.4 Å². The van der Waals surface area contributed by atoms with Crippen molar-refractivity contribution < 1.29 is 9.34 Å². The standard InChI is InChI=1S/C15H12N4O3S/c1-10-2-7-13(22-10)8-16-18-15-17-14(9-23-15)11-3-5-12(6-4-11)19(20)21/h2-7,9H,8H2,1H3. The summed E-state index contributed by atoms with van der Waals surface area (Å²) in [7, 11) is 0. The molecule has 0 bridgehead atoms. The maximum atomic E-state index is 10.6. The van der Waals surface area contributed by atoms with Gasteiger partial charge in [-0.05, 0) is 31.2 Å². The van der Waals surface area contributed by atoms with E-state index in [0.29, 0.717) is 17.4 Å². The molecule has 7 nitrogen and oxygen atoms in total. The zero-order valence-electron chi connectivity index (χ0n) is 12.2. The monoisotopic (exact) mass is 328 g/mol. The number of non-ortho nitro benzene ring substituents is 1. The zero-order valence-corrected chi connectivity index (χ0v) is 13.0. The Labute approximate surface area is 135 Å². The Morgan fingerprint density at radius 1 is 1.26 bits per heavy atom. The second kappa shape index (κ2) is 6.49. The van der Waals surface area contributed by atoms with Crippen molar-refractivity contribution in [3.05, 3.63) is 63.4 Å². The first-order valence-corrected chi connectivity index (χ1v) is 7.63. The molecule has 23 heavy (non-hydrogen) atoms. The topological polar surface area (TPSA) is 93.9 Å². The lowest BCUT2D eigenvalue weighted by Crippen LogP contribution is -1.87. The lowest BCUT2D eigenvalue weighted by molar-refractivity contribution is -0.384. The van der Waals surface area contributed by atoms with Gasteiger partial charge in [-0.15, -0.1) is 16.5 Å². The fraction of sp³-hybridized carbons (Fsp3) is 0.133. The van der Waals surface area contributed by atoms with Gasteiger partial charge in [0.05, 0.1) is 10.6 Å². The zero-order chi connectivity index (χ0) is 16.2. The molecule has 0 aliphatic carbocycles. The molecule has 0 aliphatic rings. The minimum absolute atomic E-state index is 0.0534. The van der Waals surface area contributed by atoms with Crippen LogP contribution in [0.4, 0.5) is 10.8 Å². The molecule has 2 heterocycles. The second-order valence-electron chi connectivity index (χ2n) is 4.73. The first kappa shape index (κ1) is 15.0. The Hall–Kier alpha value is -2.87. The summed E-state index contributed by atoms with van der Waals surface area (Å²) in [4.78, 5) is 14.6. The third-order valence-electron chi connectivity index (χ3n) is 3.04. The molecule has 0 unspecified atom stereocenters. The molecule has 116 valence electrons. The van der Waals surface area contributed by atoms with Crippen molar-refractivity contribution in [2.45, 2.75) is 13.5 Å². The molecule has 1 aromatic carbocycles. The van der Waals surface area contributed by atoms with Gasteiger partial charge in [0.1, 0.15) is 18.1 Å². The molecule has 0 atom stereocenters. The summed E-state index contributed by atoms with van der Waals surface area (Å²) in [5.41, 5.74) is 1.57. The van der Waals surface area contributed by atoms with Crippen LogP contribution in [0.3, 0.4) is 0 Å². The van der Waals surface area contributed by atoms with Crippen LogP contribution in [0.15, 0.2) is 56.4 Å². The van der Waals surface area contributed by atoms with E-state index in [2.05, 4.69) is 15.2 Å². The average molecular weight is 328 g/mol.